The third-order valence-electron chi connectivity index (χ3n) is 10.2. The molecular formula is C29H31F3N2O4. The highest BCUT2D eigenvalue weighted by Gasteiger charge is 2.69. The van der Waals surface area contributed by atoms with Crippen molar-refractivity contribution < 1.29 is 32.5 Å². The van der Waals surface area contributed by atoms with Crippen molar-refractivity contribution in [2.24, 2.45) is 11.3 Å². The van der Waals surface area contributed by atoms with E-state index < -0.39 is 40.6 Å². The molecule has 3 aliphatic carbocycles. The van der Waals surface area contributed by atoms with Gasteiger partial charge in [-0.25, -0.2) is 4.98 Å². The van der Waals surface area contributed by atoms with Crippen molar-refractivity contribution in [2.45, 2.75) is 74.7 Å². The molecule has 38 heavy (non-hydrogen) atoms. The average molecular weight is 529 g/mol. The summed E-state index contributed by atoms with van der Waals surface area (Å²) in [5.74, 6) is -0.199. The first-order valence-electron chi connectivity index (χ1n) is 13.2. The fourth-order valence-corrected chi connectivity index (χ4v) is 8.40. The van der Waals surface area contributed by atoms with E-state index in [-0.39, 0.29) is 24.0 Å². The zero-order valence-corrected chi connectivity index (χ0v) is 21.5. The fourth-order valence-electron chi connectivity index (χ4n) is 8.40. The number of aromatic nitrogens is 1. The van der Waals surface area contributed by atoms with Crippen LogP contribution in [0.3, 0.4) is 0 Å². The maximum Gasteiger partial charge on any atom is 0.413 e. The molecule has 9 heteroatoms. The van der Waals surface area contributed by atoms with Crippen LogP contribution in [0.5, 0.6) is 0 Å². The summed E-state index contributed by atoms with van der Waals surface area (Å²) in [5.41, 5.74) is 0.129. The van der Waals surface area contributed by atoms with Gasteiger partial charge in [-0.1, -0.05) is 25.1 Å². The fraction of sp³-hybridized carbons (Fsp3) is 0.552. The van der Waals surface area contributed by atoms with E-state index in [1.165, 1.54) is 6.39 Å². The van der Waals surface area contributed by atoms with Crippen LogP contribution in [-0.2, 0) is 4.74 Å². The number of aliphatic hydroxyl groups excluding tert-OH is 2. The van der Waals surface area contributed by atoms with E-state index in [2.05, 4.69) is 11.1 Å². The number of fused-ring (bicyclic) bond motifs is 2. The van der Waals surface area contributed by atoms with E-state index >= 15 is 0 Å². The molecule has 1 saturated heterocycles. The lowest BCUT2D eigenvalue weighted by Crippen LogP contribution is -2.62. The topological polar surface area (TPSA) is 79.0 Å². The second kappa shape index (κ2) is 7.59. The molecule has 3 heterocycles. The molecule has 5 aliphatic rings. The lowest BCUT2D eigenvalue weighted by atomic mass is 9.56. The highest BCUT2D eigenvalue weighted by atomic mass is 19.4. The van der Waals surface area contributed by atoms with Gasteiger partial charge in [0.1, 0.15) is 11.6 Å². The minimum atomic E-state index is -4.56. The SMILES string of the molecule is CN(C)C1CC23CCC4(O2)C(=C(C(F)(F)F)CC2(C)C(c5ccc6ncoc6c5)=CCC24)C=C3C(O)C1O. The third kappa shape index (κ3) is 3.01. The number of benzene rings is 1. The molecule has 2 aliphatic heterocycles. The standard InChI is InChI=1S/C29H31F3N2O4/c1-26-12-19(29(30,31)32)17-11-18-24(35)25(36)21(34(2)3)13-27(18)8-9-28(17,38-27)23(26)7-5-16(26)15-4-6-20-22(10-15)37-14-33-20/h4-6,10-11,14,21,23-25,35-36H,7-9,12-13H2,1-3H3. The van der Waals surface area contributed by atoms with E-state index in [1.807, 2.05) is 44.1 Å². The summed E-state index contributed by atoms with van der Waals surface area (Å²) in [4.78, 5) is 6.03. The summed E-state index contributed by atoms with van der Waals surface area (Å²) < 4.78 is 56.9. The van der Waals surface area contributed by atoms with Crippen molar-refractivity contribution in [3.05, 3.63) is 59.0 Å². The van der Waals surface area contributed by atoms with Gasteiger partial charge in [0, 0.05) is 22.9 Å². The number of halogens is 3. The highest BCUT2D eigenvalue weighted by Crippen LogP contribution is 2.70. The molecule has 7 atom stereocenters. The van der Waals surface area contributed by atoms with Crippen molar-refractivity contribution in [3.8, 4) is 0 Å². The number of nitrogens with zero attached hydrogens (tertiary/aromatic N) is 2. The monoisotopic (exact) mass is 528 g/mol. The van der Waals surface area contributed by atoms with Gasteiger partial charge in [0.25, 0.3) is 0 Å². The van der Waals surface area contributed by atoms with Gasteiger partial charge in [0.2, 0.25) is 0 Å². The van der Waals surface area contributed by atoms with E-state index in [9.17, 15) is 23.4 Å². The summed E-state index contributed by atoms with van der Waals surface area (Å²) in [6, 6.07) is 5.24. The molecule has 2 bridgehead atoms. The quantitative estimate of drug-likeness (QED) is 0.584. The number of likely N-dealkylation sites (N-methyl/N-ethyl adjacent to an activating group) is 1. The van der Waals surface area contributed by atoms with Crippen molar-refractivity contribution in [2.75, 3.05) is 14.1 Å². The predicted octanol–water partition coefficient (Wildman–Crippen LogP) is 4.78. The molecule has 2 N–H and O–H groups in total. The van der Waals surface area contributed by atoms with Crippen molar-refractivity contribution in [1.29, 1.82) is 0 Å². The molecule has 7 rings (SSSR count). The van der Waals surface area contributed by atoms with E-state index in [0.717, 1.165) is 11.1 Å². The van der Waals surface area contributed by atoms with Crippen LogP contribution < -0.4 is 0 Å². The molecule has 1 aromatic heterocycles. The second-order valence-electron chi connectivity index (χ2n) is 12.2. The predicted molar refractivity (Wildman–Crippen MR) is 134 cm³/mol. The number of rotatable bonds is 2. The first kappa shape index (κ1) is 24.6. The Hall–Kier alpha value is -2.46. The number of oxazole rings is 1. The molecule has 1 aromatic carbocycles. The van der Waals surface area contributed by atoms with Gasteiger partial charge >= 0.3 is 6.18 Å². The van der Waals surface area contributed by atoms with Crippen LogP contribution in [0.1, 0.15) is 44.6 Å². The Balaban J connectivity index is 1.40. The maximum absolute atomic E-state index is 14.8. The number of hydrogen-bond donors (Lipinski definition) is 2. The Morgan fingerprint density at radius 1 is 1.16 bits per heavy atom. The minimum absolute atomic E-state index is 0.144. The molecular weight excluding hydrogens is 497 g/mol. The van der Waals surface area contributed by atoms with Gasteiger partial charge in [0.05, 0.1) is 17.3 Å². The Morgan fingerprint density at radius 3 is 2.68 bits per heavy atom. The molecule has 6 nitrogen and oxygen atoms in total. The number of ether oxygens (including phenoxy) is 1. The number of hydrogen-bond acceptors (Lipinski definition) is 6. The second-order valence-corrected chi connectivity index (χ2v) is 12.2. The van der Waals surface area contributed by atoms with Gasteiger partial charge < -0.3 is 24.3 Å². The average Bonchev–Trinajstić information content (AvgIpc) is 3.54. The molecule has 1 saturated carbocycles. The Labute approximate surface area is 218 Å². The summed E-state index contributed by atoms with van der Waals surface area (Å²) in [6.45, 7) is 1.94. The zero-order valence-electron chi connectivity index (χ0n) is 21.5. The van der Waals surface area contributed by atoms with Crippen LogP contribution in [0.15, 0.2) is 57.9 Å². The number of alkyl halides is 3. The lowest BCUT2D eigenvalue weighted by Gasteiger charge is -2.57. The van der Waals surface area contributed by atoms with Crippen molar-refractivity contribution in [3.63, 3.8) is 0 Å². The van der Waals surface area contributed by atoms with Crippen molar-refractivity contribution >= 4 is 16.7 Å². The van der Waals surface area contributed by atoms with E-state index in [1.54, 1.807) is 6.08 Å². The Morgan fingerprint density at radius 2 is 1.95 bits per heavy atom. The van der Waals surface area contributed by atoms with E-state index in [0.29, 0.717) is 42.4 Å². The maximum atomic E-state index is 14.8. The van der Waals surface area contributed by atoms with Crippen molar-refractivity contribution in [1.82, 2.24) is 9.88 Å². The van der Waals surface area contributed by atoms with Gasteiger partial charge in [-0.3, -0.25) is 0 Å². The summed E-state index contributed by atoms with van der Waals surface area (Å²) >= 11 is 0. The molecule has 2 fully saturated rings. The van der Waals surface area contributed by atoms with Gasteiger partial charge in [-0.2, -0.15) is 13.2 Å². The Kier molecular flexibility index (Phi) is 4.91. The first-order valence-corrected chi connectivity index (χ1v) is 13.2. The van der Waals surface area contributed by atoms with Crippen LogP contribution in [0, 0.1) is 11.3 Å². The molecule has 0 amide bonds. The highest BCUT2D eigenvalue weighted by molar-refractivity contribution is 5.82. The molecule has 7 unspecified atom stereocenters. The minimum Gasteiger partial charge on any atom is -0.443 e. The third-order valence-corrected chi connectivity index (χ3v) is 10.2. The summed E-state index contributed by atoms with van der Waals surface area (Å²) in [7, 11) is 3.67. The lowest BCUT2D eigenvalue weighted by molar-refractivity contribution is -0.170. The molecule has 202 valence electrons. The van der Waals surface area contributed by atoms with Crippen LogP contribution in [0.25, 0.3) is 16.7 Å². The molecule has 2 spiro atoms. The first-order chi connectivity index (χ1) is 17.9. The number of aliphatic hydroxyl groups is 2. The summed E-state index contributed by atoms with van der Waals surface area (Å²) in [6.07, 6.45) is -0.178. The summed E-state index contributed by atoms with van der Waals surface area (Å²) in [5, 5.41) is 22.0. The largest absolute Gasteiger partial charge is 0.443 e. The van der Waals surface area contributed by atoms with Gasteiger partial charge in [-0.15, -0.1) is 0 Å². The molecule has 2 aromatic rings. The van der Waals surface area contributed by atoms with Crippen LogP contribution in [-0.4, -0.2) is 69.8 Å². The normalized spacial score (nSPS) is 40.2. The zero-order chi connectivity index (χ0) is 26.8. The smallest absolute Gasteiger partial charge is 0.413 e. The molecule has 0 radical (unpaired) electrons. The Bertz CT molecular complexity index is 1440. The van der Waals surface area contributed by atoms with Crippen LogP contribution in [0.2, 0.25) is 0 Å². The van der Waals surface area contributed by atoms with Crippen LogP contribution in [0.4, 0.5) is 13.2 Å². The van der Waals surface area contributed by atoms with E-state index in [4.69, 9.17) is 9.15 Å². The van der Waals surface area contributed by atoms with Gasteiger partial charge in [-0.05, 0) is 80.6 Å². The number of allylic oxidation sites excluding steroid dienone is 3. The van der Waals surface area contributed by atoms with Gasteiger partial charge in [0.15, 0.2) is 12.0 Å². The van der Waals surface area contributed by atoms with Crippen LogP contribution >= 0.6 is 0 Å².